The van der Waals surface area contributed by atoms with Crippen molar-refractivity contribution in [1.82, 2.24) is 9.97 Å². The van der Waals surface area contributed by atoms with E-state index in [1.807, 2.05) is 0 Å². The summed E-state index contributed by atoms with van der Waals surface area (Å²) < 4.78 is 26.7. The molecule has 1 aromatic carbocycles. The first kappa shape index (κ1) is 13.6. The molecule has 0 amide bonds. The van der Waals surface area contributed by atoms with Gasteiger partial charge >= 0.3 is 0 Å². The Hall–Kier alpha value is -1.86. The fourth-order valence-corrected chi connectivity index (χ4v) is 2.93. The van der Waals surface area contributed by atoms with Crippen LogP contribution in [-0.2, 0) is 10.0 Å². The molecule has 1 aromatic heterocycles. The number of halogens is 1. The summed E-state index contributed by atoms with van der Waals surface area (Å²) in [7, 11) is -3.73. The van der Waals surface area contributed by atoms with Crippen molar-refractivity contribution in [1.29, 1.82) is 0 Å². The van der Waals surface area contributed by atoms with Crippen LogP contribution in [0.15, 0.2) is 35.5 Å². The zero-order chi connectivity index (χ0) is 14.0. The number of hydrogen-bond donors (Lipinski definition) is 2. The number of sulfonamides is 1. The van der Waals surface area contributed by atoms with Gasteiger partial charge in [-0.2, -0.15) is 0 Å². The third-order valence-corrected chi connectivity index (χ3v) is 4.08. The van der Waals surface area contributed by atoms with Gasteiger partial charge in [0.15, 0.2) is 0 Å². The highest BCUT2D eigenvalue weighted by Crippen LogP contribution is 2.20. The van der Waals surface area contributed by atoms with Crippen molar-refractivity contribution in [3.63, 3.8) is 0 Å². The van der Waals surface area contributed by atoms with Crippen LogP contribution in [0.1, 0.15) is 5.56 Å². The van der Waals surface area contributed by atoms with E-state index in [0.29, 0.717) is 11.3 Å². The fraction of sp³-hybridized carbons (Fsp3) is 0.0909. The largest absolute Gasteiger partial charge is 0.399 e. The molecule has 2 aromatic rings. The van der Waals surface area contributed by atoms with Crippen molar-refractivity contribution in [2.45, 2.75) is 11.8 Å². The van der Waals surface area contributed by atoms with Crippen molar-refractivity contribution >= 4 is 33.1 Å². The summed E-state index contributed by atoms with van der Waals surface area (Å²) in [6.45, 7) is 1.66. The first-order chi connectivity index (χ1) is 8.88. The van der Waals surface area contributed by atoms with Crippen LogP contribution in [0.4, 0.5) is 11.5 Å². The molecule has 0 fully saturated rings. The fourth-order valence-electron chi connectivity index (χ4n) is 1.56. The molecule has 0 unspecified atom stereocenters. The normalized spacial score (nSPS) is 11.3. The Morgan fingerprint density at radius 3 is 2.63 bits per heavy atom. The molecule has 0 bridgehead atoms. The molecule has 0 saturated heterocycles. The van der Waals surface area contributed by atoms with Gasteiger partial charge in [0.1, 0.15) is 17.3 Å². The Morgan fingerprint density at radius 1 is 1.26 bits per heavy atom. The molecule has 0 aliphatic rings. The number of nitrogens with one attached hydrogen (secondary N) is 1. The summed E-state index contributed by atoms with van der Waals surface area (Å²) in [4.78, 5) is 7.60. The minimum Gasteiger partial charge on any atom is -0.399 e. The molecular weight excluding hydrogens is 288 g/mol. The van der Waals surface area contributed by atoms with Gasteiger partial charge in [-0.15, -0.1) is 0 Å². The van der Waals surface area contributed by atoms with Gasteiger partial charge in [-0.1, -0.05) is 11.6 Å². The number of hydrogen-bond acceptors (Lipinski definition) is 5. The highest BCUT2D eigenvalue weighted by molar-refractivity contribution is 7.92. The molecule has 100 valence electrons. The molecule has 0 saturated carbocycles. The van der Waals surface area contributed by atoms with E-state index in [-0.39, 0.29) is 15.9 Å². The lowest BCUT2D eigenvalue weighted by molar-refractivity contribution is 0.600. The van der Waals surface area contributed by atoms with Crippen molar-refractivity contribution in [3.05, 3.63) is 41.3 Å². The van der Waals surface area contributed by atoms with Gasteiger partial charge < -0.3 is 5.73 Å². The van der Waals surface area contributed by atoms with E-state index in [4.69, 9.17) is 17.3 Å². The molecule has 0 aliphatic heterocycles. The van der Waals surface area contributed by atoms with Gasteiger partial charge in [-0.05, 0) is 30.7 Å². The third kappa shape index (κ3) is 3.12. The van der Waals surface area contributed by atoms with E-state index in [9.17, 15) is 8.42 Å². The molecule has 0 aliphatic carbocycles. The number of anilines is 2. The average molecular weight is 299 g/mol. The molecule has 6 nitrogen and oxygen atoms in total. The van der Waals surface area contributed by atoms with Crippen molar-refractivity contribution in [3.8, 4) is 0 Å². The Balaban J connectivity index is 2.38. The second-order valence-corrected chi connectivity index (χ2v) is 5.89. The summed E-state index contributed by atoms with van der Waals surface area (Å²) in [5.41, 5.74) is 6.64. The summed E-state index contributed by atoms with van der Waals surface area (Å²) >= 11 is 5.67. The quantitative estimate of drug-likeness (QED) is 0.665. The smallest absolute Gasteiger partial charge is 0.263 e. The van der Waals surface area contributed by atoms with E-state index < -0.39 is 10.0 Å². The van der Waals surface area contributed by atoms with Gasteiger partial charge in [0.05, 0.1) is 4.90 Å². The molecule has 8 heteroatoms. The molecule has 3 N–H and O–H groups in total. The minimum absolute atomic E-state index is 0.108. The third-order valence-electron chi connectivity index (χ3n) is 2.36. The molecular formula is C11H11ClN4O2S. The maximum atomic E-state index is 12.2. The van der Waals surface area contributed by atoms with Crippen molar-refractivity contribution in [2.24, 2.45) is 0 Å². The lowest BCUT2D eigenvalue weighted by atomic mass is 10.2. The topological polar surface area (TPSA) is 98.0 Å². The summed E-state index contributed by atoms with van der Waals surface area (Å²) in [5.74, 6) is 0.108. The molecule has 0 radical (unpaired) electrons. The number of nitrogens with zero attached hydrogens (tertiary/aromatic N) is 2. The maximum absolute atomic E-state index is 12.2. The van der Waals surface area contributed by atoms with E-state index >= 15 is 0 Å². The summed E-state index contributed by atoms with van der Waals surface area (Å²) in [6, 6.07) is 5.87. The Labute approximate surface area is 115 Å². The second-order valence-electron chi connectivity index (χ2n) is 3.86. The van der Waals surface area contributed by atoms with Crippen LogP contribution >= 0.6 is 11.6 Å². The maximum Gasteiger partial charge on any atom is 0.263 e. The lowest BCUT2D eigenvalue weighted by Gasteiger charge is -2.10. The first-order valence-electron chi connectivity index (χ1n) is 5.25. The van der Waals surface area contributed by atoms with Crippen LogP contribution in [0.25, 0.3) is 0 Å². The highest BCUT2D eigenvalue weighted by atomic mass is 35.5. The van der Waals surface area contributed by atoms with Crippen LogP contribution in [0.3, 0.4) is 0 Å². The summed E-state index contributed by atoms with van der Waals surface area (Å²) in [6.07, 6.45) is 1.18. The standard InChI is InChI=1S/C11H11ClN4O2S/c1-7-4-8(13)2-3-9(7)19(17,18)16-11-5-10(12)14-6-15-11/h2-6H,13H2,1H3,(H,14,15,16). The van der Waals surface area contributed by atoms with Crippen LogP contribution in [0.5, 0.6) is 0 Å². The number of aromatic nitrogens is 2. The highest BCUT2D eigenvalue weighted by Gasteiger charge is 2.17. The van der Waals surface area contributed by atoms with E-state index in [1.165, 1.54) is 24.5 Å². The van der Waals surface area contributed by atoms with Crippen LogP contribution in [0.2, 0.25) is 5.15 Å². The van der Waals surface area contributed by atoms with Crippen LogP contribution < -0.4 is 10.5 Å². The second kappa shape index (κ2) is 5.02. The van der Waals surface area contributed by atoms with Gasteiger partial charge in [-0.25, -0.2) is 18.4 Å². The van der Waals surface area contributed by atoms with Gasteiger partial charge in [0.2, 0.25) is 0 Å². The first-order valence-corrected chi connectivity index (χ1v) is 7.11. The molecule has 2 rings (SSSR count). The summed E-state index contributed by atoms with van der Waals surface area (Å²) in [5, 5.41) is 0.154. The van der Waals surface area contributed by atoms with Gasteiger partial charge in [-0.3, -0.25) is 4.72 Å². The SMILES string of the molecule is Cc1cc(N)ccc1S(=O)(=O)Nc1cc(Cl)ncn1. The number of benzene rings is 1. The Kier molecular flexibility index (Phi) is 3.59. The number of aryl methyl sites for hydroxylation is 1. The van der Waals surface area contributed by atoms with Crippen molar-refractivity contribution in [2.75, 3.05) is 10.5 Å². The monoisotopic (exact) mass is 298 g/mol. The predicted molar refractivity (Wildman–Crippen MR) is 73.4 cm³/mol. The van der Waals surface area contributed by atoms with Gasteiger partial charge in [0, 0.05) is 11.8 Å². The van der Waals surface area contributed by atoms with E-state index in [1.54, 1.807) is 13.0 Å². The molecule has 0 spiro atoms. The van der Waals surface area contributed by atoms with Crippen molar-refractivity contribution < 1.29 is 8.42 Å². The van der Waals surface area contributed by atoms with Crippen LogP contribution in [-0.4, -0.2) is 18.4 Å². The number of nitrogens with two attached hydrogens (primary N) is 1. The van der Waals surface area contributed by atoms with Crippen LogP contribution in [0, 0.1) is 6.92 Å². The van der Waals surface area contributed by atoms with E-state index in [0.717, 1.165) is 0 Å². The number of nitrogen functional groups attached to an aromatic ring is 1. The molecule has 1 heterocycles. The zero-order valence-corrected chi connectivity index (χ0v) is 11.5. The zero-order valence-electron chi connectivity index (χ0n) is 9.96. The molecule has 0 atom stereocenters. The lowest BCUT2D eigenvalue weighted by Crippen LogP contribution is -2.15. The minimum atomic E-state index is -3.73. The van der Waals surface area contributed by atoms with E-state index in [2.05, 4.69) is 14.7 Å². The number of rotatable bonds is 3. The Bertz CT molecular complexity index is 718. The average Bonchev–Trinajstić information content (AvgIpc) is 2.27. The Morgan fingerprint density at radius 2 is 2.00 bits per heavy atom. The predicted octanol–water partition coefficient (Wildman–Crippen LogP) is 1.82. The van der Waals surface area contributed by atoms with Gasteiger partial charge in [0.25, 0.3) is 10.0 Å². The molecule has 19 heavy (non-hydrogen) atoms.